The van der Waals surface area contributed by atoms with Crippen LogP contribution in [0.4, 0.5) is 0 Å². The Labute approximate surface area is 98.4 Å². The molecular weight excluding hydrogens is 200 g/mol. The third kappa shape index (κ3) is 2.37. The number of nitrogens with zero attached hydrogens (tertiary/aromatic N) is 2. The van der Waals surface area contributed by atoms with Crippen molar-refractivity contribution in [1.29, 1.82) is 5.26 Å². The van der Waals surface area contributed by atoms with Crippen LogP contribution in [0.15, 0.2) is 0 Å². The standard InChI is InChI=1S/C13H22N2O/c1-4-9-15(11-7-8-11)12(16)13(5-2,6-3)10-14/h11H,4-9H2,1-3H3. The Hall–Kier alpha value is -1.04. The zero-order chi connectivity index (χ0) is 12.2. The van der Waals surface area contributed by atoms with E-state index in [0.29, 0.717) is 18.9 Å². The average Bonchev–Trinajstić information content (AvgIpc) is 3.13. The van der Waals surface area contributed by atoms with Crippen LogP contribution in [0.5, 0.6) is 0 Å². The van der Waals surface area contributed by atoms with E-state index >= 15 is 0 Å². The monoisotopic (exact) mass is 222 g/mol. The molecule has 0 bridgehead atoms. The summed E-state index contributed by atoms with van der Waals surface area (Å²) in [6.07, 6.45) is 4.43. The summed E-state index contributed by atoms with van der Waals surface area (Å²) in [4.78, 5) is 14.4. The second-order valence-corrected chi connectivity index (χ2v) is 4.63. The Kier molecular flexibility index (Phi) is 4.35. The number of hydrogen-bond donors (Lipinski definition) is 0. The fourth-order valence-electron chi connectivity index (χ4n) is 2.11. The van der Waals surface area contributed by atoms with Gasteiger partial charge in [-0.1, -0.05) is 20.8 Å². The first-order valence-electron chi connectivity index (χ1n) is 6.37. The predicted molar refractivity (Wildman–Crippen MR) is 63.7 cm³/mol. The van der Waals surface area contributed by atoms with Crippen molar-refractivity contribution in [2.75, 3.05) is 6.54 Å². The molecule has 90 valence electrons. The van der Waals surface area contributed by atoms with E-state index in [1.54, 1.807) is 0 Å². The molecule has 0 aromatic rings. The average molecular weight is 222 g/mol. The highest BCUT2D eigenvalue weighted by Crippen LogP contribution is 2.34. The summed E-state index contributed by atoms with van der Waals surface area (Å²) in [5, 5.41) is 9.27. The van der Waals surface area contributed by atoms with Crippen LogP contribution in [0, 0.1) is 16.7 Å². The van der Waals surface area contributed by atoms with E-state index in [9.17, 15) is 10.1 Å². The van der Waals surface area contributed by atoms with Crippen molar-refractivity contribution in [2.24, 2.45) is 5.41 Å². The van der Waals surface area contributed by atoms with Crippen LogP contribution in [0.2, 0.25) is 0 Å². The van der Waals surface area contributed by atoms with Crippen LogP contribution >= 0.6 is 0 Å². The molecule has 0 radical (unpaired) electrons. The van der Waals surface area contributed by atoms with Crippen LogP contribution in [-0.2, 0) is 4.79 Å². The number of carbonyl (C=O) groups is 1. The van der Waals surface area contributed by atoms with Gasteiger partial charge in [0, 0.05) is 12.6 Å². The number of carbonyl (C=O) groups excluding carboxylic acids is 1. The van der Waals surface area contributed by atoms with E-state index in [4.69, 9.17) is 0 Å². The van der Waals surface area contributed by atoms with E-state index in [2.05, 4.69) is 13.0 Å². The minimum Gasteiger partial charge on any atom is -0.338 e. The van der Waals surface area contributed by atoms with Crippen molar-refractivity contribution >= 4 is 5.91 Å². The number of nitriles is 1. The summed E-state index contributed by atoms with van der Waals surface area (Å²) in [6, 6.07) is 2.66. The molecule has 1 amide bonds. The van der Waals surface area contributed by atoms with Gasteiger partial charge in [0.05, 0.1) is 6.07 Å². The van der Waals surface area contributed by atoms with Gasteiger partial charge in [-0.25, -0.2) is 0 Å². The van der Waals surface area contributed by atoms with E-state index in [1.807, 2.05) is 18.7 Å². The van der Waals surface area contributed by atoms with Gasteiger partial charge in [-0.15, -0.1) is 0 Å². The maximum absolute atomic E-state index is 12.4. The Bertz CT molecular complexity index is 285. The highest BCUT2D eigenvalue weighted by Gasteiger charge is 2.42. The molecule has 1 saturated carbocycles. The SMILES string of the molecule is CCCN(C(=O)C(C#N)(CC)CC)C1CC1. The lowest BCUT2D eigenvalue weighted by Gasteiger charge is -2.31. The van der Waals surface area contributed by atoms with Crippen molar-refractivity contribution < 1.29 is 4.79 Å². The zero-order valence-corrected chi connectivity index (χ0v) is 10.6. The molecule has 16 heavy (non-hydrogen) atoms. The first kappa shape index (κ1) is 13.0. The maximum atomic E-state index is 12.4. The lowest BCUT2D eigenvalue weighted by molar-refractivity contribution is -0.140. The fourth-order valence-corrected chi connectivity index (χ4v) is 2.11. The summed E-state index contributed by atoms with van der Waals surface area (Å²) in [5.41, 5.74) is -0.780. The van der Waals surface area contributed by atoms with Crippen molar-refractivity contribution in [3.63, 3.8) is 0 Å². The highest BCUT2D eigenvalue weighted by atomic mass is 16.2. The van der Waals surface area contributed by atoms with Gasteiger partial charge in [-0.3, -0.25) is 4.79 Å². The van der Waals surface area contributed by atoms with Gasteiger partial charge < -0.3 is 4.90 Å². The van der Waals surface area contributed by atoms with Gasteiger partial charge in [0.15, 0.2) is 0 Å². The lowest BCUT2D eigenvalue weighted by Crippen LogP contribution is -2.44. The summed E-state index contributed by atoms with van der Waals surface area (Å²) < 4.78 is 0. The highest BCUT2D eigenvalue weighted by molar-refractivity contribution is 5.86. The lowest BCUT2D eigenvalue weighted by atomic mass is 9.82. The molecule has 0 aromatic heterocycles. The zero-order valence-electron chi connectivity index (χ0n) is 10.6. The normalized spacial score (nSPS) is 15.6. The van der Waals surface area contributed by atoms with Crippen molar-refractivity contribution in [2.45, 2.75) is 58.9 Å². The molecule has 0 N–H and O–H groups in total. The van der Waals surface area contributed by atoms with Crippen LogP contribution < -0.4 is 0 Å². The van der Waals surface area contributed by atoms with Gasteiger partial charge in [-0.05, 0) is 32.1 Å². The molecule has 0 unspecified atom stereocenters. The summed E-state index contributed by atoms with van der Waals surface area (Å²) in [5.74, 6) is 0.0596. The molecule has 1 fully saturated rings. The second-order valence-electron chi connectivity index (χ2n) is 4.63. The minimum atomic E-state index is -0.780. The fraction of sp³-hybridized carbons (Fsp3) is 0.846. The van der Waals surface area contributed by atoms with Crippen LogP contribution in [0.25, 0.3) is 0 Å². The molecule has 0 heterocycles. The van der Waals surface area contributed by atoms with Crippen molar-refractivity contribution in [3.05, 3.63) is 0 Å². The van der Waals surface area contributed by atoms with Crippen LogP contribution in [-0.4, -0.2) is 23.4 Å². The molecule has 1 rings (SSSR count). The first-order valence-corrected chi connectivity index (χ1v) is 6.37. The topological polar surface area (TPSA) is 44.1 Å². The number of hydrogen-bond acceptors (Lipinski definition) is 2. The molecule has 1 aliphatic rings. The first-order chi connectivity index (χ1) is 7.65. The third-order valence-corrected chi connectivity index (χ3v) is 3.54. The molecule has 0 spiro atoms. The van der Waals surface area contributed by atoms with E-state index < -0.39 is 5.41 Å². The maximum Gasteiger partial charge on any atom is 0.243 e. The number of amides is 1. The number of rotatable bonds is 6. The molecule has 0 aromatic carbocycles. The third-order valence-electron chi connectivity index (χ3n) is 3.54. The van der Waals surface area contributed by atoms with Gasteiger partial charge in [0.2, 0.25) is 5.91 Å². The van der Waals surface area contributed by atoms with Crippen molar-refractivity contribution in [1.82, 2.24) is 4.90 Å². The Morgan fingerprint density at radius 2 is 1.94 bits per heavy atom. The predicted octanol–water partition coefficient (Wildman–Crippen LogP) is 2.72. The van der Waals surface area contributed by atoms with Gasteiger partial charge in [0.25, 0.3) is 0 Å². The molecule has 3 heteroatoms. The van der Waals surface area contributed by atoms with Gasteiger partial charge in [-0.2, -0.15) is 5.26 Å². The summed E-state index contributed by atoms with van der Waals surface area (Å²) >= 11 is 0. The molecular formula is C13H22N2O. The second kappa shape index (κ2) is 5.34. The van der Waals surface area contributed by atoms with Gasteiger partial charge in [0.1, 0.15) is 5.41 Å². The summed E-state index contributed by atoms with van der Waals surface area (Å²) in [7, 11) is 0. The largest absolute Gasteiger partial charge is 0.338 e. The van der Waals surface area contributed by atoms with Crippen LogP contribution in [0.3, 0.4) is 0 Å². The quantitative estimate of drug-likeness (QED) is 0.693. The summed E-state index contributed by atoms with van der Waals surface area (Å²) in [6.45, 7) is 6.74. The molecule has 0 saturated heterocycles. The van der Waals surface area contributed by atoms with Gasteiger partial charge >= 0.3 is 0 Å². The molecule has 0 aliphatic heterocycles. The smallest absolute Gasteiger partial charge is 0.243 e. The Morgan fingerprint density at radius 3 is 2.25 bits per heavy atom. The Balaban J connectivity index is 2.83. The van der Waals surface area contributed by atoms with E-state index in [0.717, 1.165) is 25.8 Å². The van der Waals surface area contributed by atoms with E-state index in [1.165, 1.54) is 0 Å². The Morgan fingerprint density at radius 1 is 1.38 bits per heavy atom. The molecule has 0 atom stereocenters. The molecule has 3 nitrogen and oxygen atoms in total. The molecule has 1 aliphatic carbocycles. The van der Waals surface area contributed by atoms with E-state index in [-0.39, 0.29) is 5.91 Å². The minimum absolute atomic E-state index is 0.0596. The van der Waals surface area contributed by atoms with Crippen molar-refractivity contribution in [3.8, 4) is 6.07 Å². The van der Waals surface area contributed by atoms with Crippen LogP contribution in [0.1, 0.15) is 52.9 Å².